The Morgan fingerprint density at radius 2 is 1.62 bits per heavy atom. The quantitative estimate of drug-likeness (QED) is 0.699. The summed E-state index contributed by atoms with van der Waals surface area (Å²) in [6, 6.07) is 10.5. The van der Waals surface area contributed by atoms with Crippen molar-refractivity contribution in [1.29, 1.82) is 0 Å². The first-order valence-electron chi connectivity index (χ1n) is 6.43. The van der Waals surface area contributed by atoms with Gasteiger partial charge >= 0.3 is 0 Å². The lowest BCUT2D eigenvalue weighted by Crippen LogP contribution is -2.46. The van der Waals surface area contributed by atoms with Gasteiger partial charge in [-0.1, -0.05) is 43.2 Å². The highest BCUT2D eigenvalue weighted by Crippen LogP contribution is 2.47. The van der Waals surface area contributed by atoms with Gasteiger partial charge in [0.25, 0.3) is 0 Å². The first-order chi connectivity index (χ1) is 7.83. The van der Waals surface area contributed by atoms with Crippen molar-refractivity contribution >= 4 is 5.78 Å². The van der Waals surface area contributed by atoms with Crippen LogP contribution in [0, 0.1) is 5.92 Å². The molecule has 1 aromatic carbocycles. The second-order valence-electron chi connectivity index (χ2n) is 5.29. The van der Waals surface area contributed by atoms with Crippen LogP contribution in [-0.2, 0) is 10.2 Å². The first-order valence-corrected chi connectivity index (χ1v) is 6.43. The Morgan fingerprint density at radius 1 is 1.00 bits per heavy atom. The first kappa shape index (κ1) is 10.1. The van der Waals surface area contributed by atoms with Crippen molar-refractivity contribution in [3.63, 3.8) is 0 Å². The normalized spacial score (nSPS) is 33.8. The lowest BCUT2D eigenvalue weighted by Gasteiger charge is -2.44. The second-order valence-corrected chi connectivity index (χ2v) is 5.29. The van der Waals surface area contributed by atoms with Crippen LogP contribution >= 0.6 is 0 Å². The molecule has 0 radical (unpaired) electrons. The van der Waals surface area contributed by atoms with Crippen LogP contribution in [0.15, 0.2) is 30.3 Å². The minimum Gasteiger partial charge on any atom is -0.298 e. The van der Waals surface area contributed by atoms with E-state index in [0.29, 0.717) is 11.7 Å². The van der Waals surface area contributed by atoms with Crippen LogP contribution in [0.3, 0.4) is 0 Å². The Labute approximate surface area is 96.9 Å². The number of fused-ring (bicyclic) bond motifs is 2. The van der Waals surface area contributed by atoms with Crippen LogP contribution in [0.25, 0.3) is 0 Å². The summed E-state index contributed by atoms with van der Waals surface area (Å²) in [6.45, 7) is 0. The highest BCUT2D eigenvalue weighted by molar-refractivity contribution is 5.93. The fourth-order valence-corrected chi connectivity index (χ4v) is 3.66. The number of ketones is 1. The maximum atomic E-state index is 12.5. The summed E-state index contributed by atoms with van der Waals surface area (Å²) >= 11 is 0. The molecule has 0 saturated heterocycles. The van der Waals surface area contributed by atoms with Gasteiger partial charge < -0.3 is 0 Å². The molecule has 0 atom stereocenters. The number of Topliss-reactive ketones (excluding diaryl/α,β-unsaturated/α-hetero) is 1. The number of hydrogen-bond donors (Lipinski definition) is 0. The third-order valence-electron chi connectivity index (χ3n) is 4.48. The van der Waals surface area contributed by atoms with Crippen LogP contribution in [0.4, 0.5) is 0 Å². The fraction of sp³-hybridized carbons (Fsp3) is 0.533. The van der Waals surface area contributed by atoms with E-state index in [2.05, 4.69) is 24.3 Å². The smallest absolute Gasteiger partial charge is 0.146 e. The van der Waals surface area contributed by atoms with E-state index in [9.17, 15) is 4.79 Å². The van der Waals surface area contributed by atoms with Gasteiger partial charge in [-0.2, -0.15) is 0 Å². The number of carbonyl (C=O) groups is 1. The molecule has 0 aliphatic heterocycles. The van der Waals surface area contributed by atoms with Crippen molar-refractivity contribution < 1.29 is 4.79 Å². The van der Waals surface area contributed by atoms with Gasteiger partial charge in [0.2, 0.25) is 0 Å². The lowest BCUT2D eigenvalue weighted by molar-refractivity contribution is -0.134. The molecule has 2 aliphatic carbocycles. The maximum absolute atomic E-state index is 12.5. The summed E-state index contributed by atoms with van der Waals surface area (Å²) in [4.78, 5) is 12.5. The topological polar surface area (TPSA) is 17.1 Å². The molecule has 1 nitrogen and oxygen atoms in total. The molecule has 16 heavy (non-hydrogen) atoms. The zero-order valence-corrected chi connectivity index (χ0v) is 9.61. The van der Waals surface area contributed by atoms with Crippen LogP contribution in [-0.4, -0.2) is 5.78 Å². The predicted molar refractivity (Wildman–Crippen MR) is 64.3 cm³/mol. The molecule has 2 fully saturated rings. The molecule has 2 saturated carbocycles. The molecule has 3 rings (SSSR count). The summed E-state index contributed by atoms with van der Waals surface area (Å²) in [7, 11) is 0. The molecule has 0 unspecified atom stereocenters. The van der Waals surface area contributed by atoms with E-state index in [4.69, 9.17) is 0 Å². The van der Waals surface area contributed by atoms with Gasteiger partial charge in [-0.25, -0.2) is 0 Å². The number of benzene rings is 1. The van der Waals surface area contributed by atoms with Gasteiger partial charge in [-0.3, -0.25) is 4.79 Å². The molecule has 0 N–H and O–H groups in total. The zero-order valence-electron chi connectivity index (χ0n) is 9.61. The Hall–Kier alpha value is -1.11. The highest BCUT2D eigenvalue weighted by atomic mass is 16.1. The monoisotopic (exact) mass is 214 g/mol. The standard InChI is InChI=1S/C15H18O/c16-14-12-6-4-10-15(14,11-5-7-12)13-8-2-1-3-9-13/h1-3,8-9,12H,4-7,10-11H2. The van der Waals surface area contributed by atoms with Crippen LogP contribution < -0.4 is 0 Å². The minimum absolute atomic E-state index is 0.109. The molecular formula is C15H18O. The van der Waals surface area contributed by atoms with Crippen LogP contribution in [0.1, 0.15) is 44.1 Å². The van der Waals surface area contributed by atoms with Crippen molar-refractivity contribution in [3.8, 4) is 0 Å². The van der Waals surface area contributed by atoms with Crippen molar-refractivity contribution in [3.05, 3.63) is 35.9 Å². The van der Waals surface area contributed by atoms with E-state index in [1.807, 2.05) is 6.07 Å². The molecule has 1 heteroatoms. The Balaban J connectivity index is 2.05. The van der Waals surface area contributed by atoms with Gasteiger partial charge in [-0.15, -0.1) is 0 Å². The van der Waals surface area contributed by atoms with Crippen molar-refractivity contribution in [2.45, 2.75) is 43.9 Å². The average molecular weight is 214 g/mol. The van der Waals surface area contributed by atoms with Crippen molar-refractivity contribution in [1.82, 2.24) is 0 Å². The molecule has 2 aliphatic rings. The van der Waals surface area contributed by atoms with Crippen LogP contribution in [0.5, 0.6) is 0 Å². The highest BCUT2D eigenvalue weighted by Gasteiger charge is 2.47. The van der Waals surface area contributed by atoms with Gasteiger partial charge in [-0.05, 0) is 31.2 Å². The maximum Gasteiger partial charge on any atom is 0.146 e. The van der Waals surface area contributed by atoms with E-state index in [0.717, 1.165) is 25.7 Å². The summed E-state index contributed by atoms with van der Waals surface area (Å²) in [5.41, 5.74) is 1.16. The molecule has 0 spiro atoms. The lowest BCUT2D eigenvalue weighted by atomic mass is 9.58. The van der Waals surface area contributed by atoms with E-state index in [1.54, 1.807) is 0 Å². The predicted octanol–water partition coefficient (Wildman–Crippen LogP) is 3.48. The molecule has 84 valence electrons. The molecule has 2 bridgehead atoms. The average Bonchev–Trinajstić information content (AvgIpc) is 2.30. The summed E-state index contributed by atoms with van der Waals surface area (Å²) in [5, 5.41) is 0. The fourth-order valence-electron chi connectivity index (χ4n) is 3.66. The summed E-state index contributed by atoms with van der Waals surface area (Å²) in [6.07, 6.45) is 6.87. The summed E-state index contributed by atoms with van der Waals surface area (Å²) < 4.78 is 0. The van der Waals surface area contributed by atoms with Crippen molar-refractivity contribution in [2.75, 3.05) is 0 Å². The van der Waals surface area contributed by atoms with E-state index >= 15 is 0 Å². The van der Waals surface area contributed by atoms with Crippen molar-refractivity contribution in [2.24, 2.45) is 5.92 Å². The third-order valence-corrected chi connectivity index (χ3v) is 4.48. The molecule has 0 amide bonds. The number of rotatable bonds is 1. The Kier molecular flexibility index (Phi) is 2.34. The number of hydrogen-bond acceptors (Lipinski definition) is 1. The third kappa shape index (κ3) is 1.34. The van der Waals surface area contributed by atoms with E-state index < -0.39 is 0 Å². The molecule has 0 aromatic heterocycles. The summed E-state index contributed by atoms with van der Waals surface area (Å²) in [5.74, 6) is 0.902. The molecular weight excluding hydrogens is 196 g/mol. The van der Waals surface area contributed by atoms with Gasteiger partial charge in [0, 0.05) is 5.92 Å². The molecule has 0 heterocycles. The second kappa shape index (κ2) is 3.73. The largest absolute Gasteiger partial charge is 0.298 e. The van der Waals surface area contributed by atoms with Gasteiger partial charge in [0.05, 0.1) is 5.41 Å². The van der Waals surface area contributed by atoms with E-state index in [1.165, 1.54) is 18.4 Å². The van der Waals surface area contributed by atoms with Gasteiger partial charge in [0.15, 0.2) is 0 Å². The Morgan fingerprint density at radius 3 is 2.25 bits per heavy atom. The number of carbonyl (C=O) groups excluding carboxylic acids is 1. The SMILES string of the molecule is O=C1C2CCCC1(c1ccccc1)CCC2. The van der Waals surface area contributed by atoms with Crippen LogP contribution in [0.2, 0.25) is 0 Å². The molecule has 1 aromatic rings. The van der Waals surface area contributed by atoms with E-state index in [-0.39, 0.29) is 5.41 Å². The zero-order chi connectivity index (χ0) is 11.0. The Bertz CT molecular complexity index is 383. The minimum atomic E-state index is -0.109. The van der Waals surface area contributed by atoms with Gasteiger partial charge in [0.1, 0.15) is 5.78 Å².